The van der Waals surface area contributed by atoms with Crippen LogP contribution >= 0.6 is 0 Å². The molecule has 0 bridgehead atoms. The Morgan fingerprint density at radius 1 is 0.939 bits per heavy atom. The lowest BCUT2D eigenvalue weighted by molar-refractivity contribution is 0.0726. The van der Waals surface area contributed by atoms with Crippen molar-refractivity contribution < 1.29 is 14.3 Å². The van der Waals surface area contributed by atoms with Crippen molar-refractivity contribution in [1.29, 1.82) is 0 Å². The van der Waals surface area contributed by atoms with Gasteiger partial charge in [-0.25, -0.2) is 0 Å². The summed E-state index contributed by atoms with van der Waals surface area (Å²) in [5.74, 6) is 1.02. The molecule has 6 nitrogen and oxygen atoms in total. The van der Waals surface area contributed by atoms with E-state index < -0.39 is 0 Å². The summed E-state index contributed by atoms with van der Waals surface area (Å²) < 4.78 is 11.0. The Kier molecular flexibility index (Phi) is 6.74. The zero-order valence-corrected chi connectivity index (χ0v) is 18.7. The van der Waals surface area contributed by atoms with E-state index in [1.807, 2.05) is 67.6 Å². The second-order valence-corrected chi connectivity index (χ2v) is 7.65. The van der Waals surface area contributed by atoms with Gasteiger partial charge in [-0.1, -0.05) is 42.5 Å². The van der Waals surface area contributed by atoms with Crippen molar-refractivity contribution >= 4 is 16.8 Å². The van der Waals surface area contributed by atoms with Crippen LogP contribution in [0.3, 0.4) is 0 Å². The van der Waals surface area contributed by atoms with E-state index >= 15 is 0 Å². The van der Waals surface area contributed by atoms with Gasteiger partial charge in [-0.2, -0.15) is 0 Å². The first-order chi connectivity index (χ1) is 16.1. The molecule has 0 atom stereocenters. The molecule has 0 saturated carbocycles. The predicted molar refractivity (Wildman–Crippen MR) is 129 cm³/mol. The molecule has 0 fully saturated rings. The maximum absolute atomic E-state index is 13.6. The number of nitrogens with zero attached hydrogens (tertiary/aromatic N) is 1. The first-order valence-electron chi connectivity index (χ1n) is 10.8. The molecule has 0 unspecified atom stereocenters. The number of para-hydroxylation sites is 1. The summed E-state index contributed by atoms with van der Waals surface area (Å²) in [5.41, 5.74) is 2.41. The van der Waals surface area contributed by atoms with Crippen molar-refractivity contribution in [2.45, 2.75) is 20.0 Å². The van der Waals surface area contributed by atoms with Crippen LogP contribution in [0, 0.1) is 0 Å². The SMILES string of the molecule is CCOc1ccc2[nH]c(=O)c(CN(Cc3ccccc3)C(=O)c3ccccc3OC)cc2c1. The van der Waals surface area contributed by atoms with Crippen molar-refractivity contribution in [1.82, 2.24) is 9.88 Å². The summed E-state index contributed by atoms with van der Waals surface area (Å²) in [4.78, 5) is 31.0. The van der Waals surface area contributed by atoms with Gasteiger partial charge >= 0.3 is 0 Å². The number of carbonyl (C=O) groups is 1. The third-order valence-electron chi connectivity index (χ3n) is 5.41. The van der Waals surface area contributed by atoms with Gasteiger partial charge in [-0.05, 0) is 48.9 Å². The van der Waals surface area contributed by atoms with Crippen molar-refractivity contribution in [2.75, 3.05) is 13.7 Å². The average molecular weight is 443 g/mol. The zero-order valence-electron chi connectivity index (χ0n) is 18.7. The van der Waals surface area contributed by atoms with E-state index in [0.29, 0.717) is 30.0 Å². The van der Waals surface area contributed by atoms with Crippen molar-refractivity contribution in [3.63, 3.8) is 0 Å². The largest absolute Gasteiger partial charge is 0.496 e. The number of nitrogens with one attached hydrogen (secondary N) is 1. The lowest BCUT2D eigenvalue weighted by atomic mass is 10.1. The zero-order chi connectivity index (χ0) is 23.2. The van der Waals surface area contributed by atoms with E-state index in [1.165, 1.54) is 7.11 Å². The van der Waals surface area contributed by atoms with Gasteiger partial charge in [-0.15, -0.1) is 0 Å². The molecular weight excluding hydrogens is 416 g/mol. The number of aromatic nitrogens is 1. The Labute approximate surface area is 192 Å². The van der Waals surface area contributed by atoms with Gasteiger partial charge in [0.1, 0.15) is 11.5 Å². The van der Waals surface area contributed by atoms with Gasteiger partial charge in [0.15, 0.2) is 0 Å². The number of fused-ring (bicyclic) bond motifs is 1. The van der Waals surface area contributed by atoms with Crippen LogP contribution in [0.25, 0.3) is 10.9 Å². The molecule has 168 valence electrons. The number of hydrogen-bond donors (Lipinski definition) is 1. The van der Waals surface area contributed by atoms with Crippen LogP contribution in [0.5, 0.6) is 11.5 Å². The van der Waals surface area contributed by atoms with Crippen LogP contribution in [0.15, 0.2) is 83.7 Å². The van der Waals surface area contributed by atoms with Gasteiger partial charge in [0, 0.05) is 23.0 Å². The van der Waals surface area contributed by atoms with E-state index in [9.17, 15) is 9.59 Å². The van der Waals surface area contributed by atoms with E-state index in [2.05, 4.69) is 4.98 Å². The minimum atomic E-state index is -0.224. The molecule has 4 aromatic rings. The topological polar surface area (TPSA) is 71.6 Å². The Morgan fingerprint density at radius 3 is 2.45 bits per heavy atom. The molecular formula is C27H26N2O4. The standard InChI is InChI=1S/C27H26N2O4/c1-3-33-22-13-14-24-20(16-22)15-21(26(30)28-24)18-29(17-19-9-5-4-6-10-19)27(31)23-11-7-8-12-25(23)32-2/h4-16H,3,17-18H2,1-2H3,(H,28,30). The molecule has 4 rings (SSSR count). The first-order valence-corrected chi connectivity index (χ1v) is 10.8. The van der Waals surface area contributed by atoms with Crippen LogP contribution in [-0.4, -0.2) is 29.5 Å². The second-order valence-electron chi connectivity index (χ2n) is 7.65. The summed E-state index contributed by atoms with van der Waals surface area (Å²) in [7, 11) is 1.54. The summed E-state index contributed by atoms with van der Waals surface area (Å²) >= 11 is 0. The number of H-pyrrole nitrogens is 1. The number of benzene rings is 3. The second kappa shape index (κ2) is 10.0. The molecule has 1 amide bonds. The molecule has 6 heteroatoms. The van der Waals surface area contributed by atoms with Crippen LogP contribution in [0.1, 0.15) is 28.4 Å². The number of hydrogen-bond acceptors (Lipinski definition) is 4. The fraction of sp³-hybridized carbons (Fsp3) is 0.185. The van der Waals surface area contributed by atoms with Crippen molar-refractivity contribution in [3.8, 4) is 11.5 Å². The summed E-state index contributed by atoms with van der Waals surface area (Å²) in [6.07, 6.45) is 0. The first kappa shape index (κ1) is 22.1. The molecule has 0 radical (unpaired) electrons. The number of carbonyl (C=O) groups excluding carboxylic acids is 1. The lowest BCUT2D eigenvalue weighted by Crippen LogP contribution is -2.32. The van der Waals surface area contributed by atoms with Crippen LogP contribution in [-0.2, 0) is 13.1 Å². The fourth-order valence-electron chi connectivity index (χ4n) is 3.80. The number of rotatable bonds is 8. The highest BCUT2D eigenvalue weighted by Crippen LogP contribution is 2.23. The van der Waals surface area contributed by atoms with Crippen LogP contribution < -0.4 is 15.0 Å². The molecule has 1 N–H and O–H groups in total. The molecule has 1 heterocycles. The smallest absolute Gasteiger partial charge is 0.258 e. The molecule has 0 aliphatic carbocycles. The summed E-state index contributed by atoms with van der Waals surface area (Å²) in [6, 6.07) is 24.2. The van der Waals surface area contributed by atoms with Gasteiger partial charge in [0.05, 0.1) is 25.8 Å². The van der Waals surface area contributed by atoms with Gasteiger partial charge in [-0.3, -0.25) is 9.59 Å². The molecule has 0 spiro atoms. The van der Waals surface area contributed by atoms with E-state index in [4.69, 9.17) is 9.47 Å². The molecule has 0 aliphatic heterocycles. The highest BCUT2D eigenvalue weighted by atomic mass is 16.5. The van der Waals surface area contributed by atoms with E-state index in [1.54, 1.807) is 23.1 Å². The Bertz CT molecular complexity index is 1310. The van der Waals surface area contributed by atoms with Gasteiger partial charge in [0.25, 0.3) is 11.5 Å². The quantitative estimate of drug-likeness (QED) is 0.426. The number of ether oxygens (including phenoxy) is 2. The number of methoxy groups -OCH3 is 1. The fourth-order valence-corrected chi connectivity index (χ4v) is 3.80. The predicted octanol–water partition coefficient (Wildman–Crippen LogP) is 4.78. The van der Waals surface area contributed by atoms with Gasteiger partial charge < -0.3 is 19.4 Å². The van der Waals surface area contributed by atoms with Gasteiger partial charge in [0.2, 0.25) is 0 Å². The van der Waals surface area contributed by atoms with Crippen molar-refractivity contribution in [3.05, 3.63) is 106 Å². The molecule has 0 aliphatic rings. The minimum absolute atomic E-state index is 0.149. The molecule has 33 heavy (non-hydrogen) atoms. The Morgan fingerprint density at radius 2 is 1.70 bits per heavy atom. The summed E-state index contributed by atoms with van der Waals surface area (Å²) in [5, 5.41) is 0.847. The highest BCUT2D eigenvalue weighted by Gasteiger charge is 2.21. The lowest BCUT2D eigenvalue weighted by Gasteiger charge is -2.24. The Hall–Kier alpha value is -4.06. The summed E-state index contributed by atoms with van der Waals surface area (Å²) in [6.45, 7) is 2.98. The average Bonchev–Trinajstić information content (AvgIpc) is 2.84. The number of aromatic amines is 1. The maximum atomic E-state index is 13.6. The molecule has 1 aromatic heterocycles. The normalized spacial score (nSPS) is 10.7. The highest BCUT2D eigenvalue weighted by molar-refractivity contribution is 5.97. The van der Waals surface area contributed by atoms with Crippen LogP contribution in [0.4, 0.5) is 0 Å². The van der Waals surface area contributed by atoms with Crippen molar-refractivity contribution in [2.24, 2.45) is 0 Å². The number of pyridine rings is 1. The molecule has 0 saturated heterocycles. The number of amides is 1. The third kappa shape index (κ3) is 5.06. The maximum Gasteiger partial charge on any atom is 0.258 e. The monoisotopic (exact) mass is 442 g/mol. The van der Waals surface area contributed by atoms with Crippen LogP contribution in [0.2, 0.25) is 0 Å². The minimum Gasteiger partial charge on any atom is -0.496 e. The third-order valence-corrected chi connectivity index (χ3v) is 5.41. The Balaban J connectivity index is 1.73. The molecule has 3 aromatic carbocycles. The van der Waals surface area contributed by atoms with E-state index in [0.717, 1.165) is 22.2 Å². The van der Waals surface area contributed by atoms with E-state index in [-0.39, 0.29) is 18.0 Å².